The molecule has 19 heavy (non-hydrogen) atoms. The van der Waals surface area contributed by atoms with E-state index in [0.717, 1.165) is 6.42 Å². The van der Waals surface area contributed by atoms with Crippen LogP contribution in [0.15, 0.2) is 18.2 Å². The average Bonchev–Trinajstić information content (AvgIpc) is 2.20. The minimum atomic E-state index is 0.304. The van der Waals surface area contributed by atoms with E-state index >= 15 is 0 Å². The molecule has 1 atom stereocenters. The Balaban J connectivity index is 2.61. The molecule has 1 rings (SSSR count). The number of carbonyl (C=O) groups excluding carboxylic acids is 1. The van der Waals surface area contributed by atoms with Crippen molar-refractivity contribution in [3.8, 4) is 0 Å². The number of aryl methyl sites for hydroxylation is 2. The molecule has 1 heteroatoms. The molecule has 0 fully saturated rings. The molecule has 0 aromatic heterocycles. The van der Waals surface area contributed by atoms with Crippen molar-refractivity contribution >= 4 is 5.78 Å². The number of Topliss-reactive ketones (excluding diaryl/α,β-unsaturated/α-hetero) is 1. The Morgan fingerprint density at radius 1 is 1.16 bits per heavy atom. The van der Waals surface area contributed by atoms with Crippen molar-refractivity contribution in [1.82, 2.24) is 0 Å². The van der Waals surface area contributed by atoms with Gasteiger partial charge in [0.2, 0.25) is 0 Å². The molecular formula is C18H28O. The Morgan fingerprint density at radius 3 is 2.16 bits per heavy atom. The van der Waals surface area contributed by atoms with Crippen LogP contribution in [0.4, 0.5) is 0 Å². The lowest BCUT2D eigenvalue weighted by Crippen LogP contribution is -2.16. The van der Waals surface area contributed by atoms with E-state index in [4.69, 9.17) is 0 Å². The highest BCUT2D eigenvalue weighted by Crippen LogP contribution is 2.26. The van der Waals surface area contributed by atoms with E-state index < -0.39 is 0 Å². The van der Waals surface area contributed by atoms with Crippen molar-refractivity contribution in [3.63, 3.8) is 0 Å². The predicted molar refractivity (Wildman–Crippen MR) is 82.5 cm³/mol. The Hall–Kier alpha value is -1.11. The molecule has 0 saturated heterocycles. The van der Waals surface area contributed by atoms with Crippen LogP contribution in [0.1, 0.15) is 57.2 Å². The van der Waals surface area contributed by atoms with Crippen LogP contribution < -0.4 is 0 Å². The fourth-order valence-corrected chi connectivity index (χ4v) is 2.90. The highest BCUT2D eigenvalue weighted by molar-refractivity contribution is 5.81. The van der Waals surface area contributed by atoms with Gasteiger partial charge in [-0.05, 0) is 48.3 Å². The van der Waals surface area contributed by atoms with Crippen LogP contribution in [0.25, 0.3) is 0 Å². The molecular weight excluding hydrogens is 232 g/mol. The standard InChI is InChI=1S/C18H28O/c1-13(12-18(4,5)6)10-16(19)11-17-14(2)8-7-9-15(17)3/h7-9,13H,10-12H2,1-6H3. The van der Waals surface area contributed by atoms with Gasteiger partial charge in [-0.25, -0.2) is 0 Å². The zero-order chi connectivity index (χ0) is 14.6. The van der Waals surface area contributed by atoms with Crippen LogP contribution >= 0.6 is 0 Å². The van der Waals surface area contributed by atoms with Gasteiger partial charge < -0.3 is 0 Å². The van der Waals surface area contributed by atoms with Crippen LogP contribution in [0.3, 0.4) is 0 Å². The summed E-state index contributed by atoms with van der Waals surface area (Å²) in [5, 5.41) is 0. The molecule has 0 radical (unpaired) electrons. The second-order valence-corrected chi connectivity index (χ2v) is 7.16. The van der Waals surface area contributed by atoms with Crippen molar-refractivity contribution in [2.45, 2.75) is 60.8 Å². The summed E-state index contributed by atoms with van der Waals surface area (Å²) in [7, 11) is 0. The van der Waals surface area contributed by atoms with Crippen LogP contribution in [0.5, 0.6) is 0 Å². The first-order chi connectivity index (χ1) is 8.69. The monoisotopic (exact) mass is 260 g/mol. The maximum atomic E-state index is 12.2. The van der Waals surface area contributed by atoms with Gasteiger partial charge in [-0.3, -0.25) is 4.79 Å². The van der Waals surface area contributed by atoms with Crippen LogP contribution in [0.2, 0.25) is 0 Å². The molecule has 0 aliphatic heterocycles. The first-order valence-corrected chi connectivity index (χ1v) is 7.26. The predicted octanol–water partition coefficient (Wildman–Crippen LogP) is 4.88. The number of ketones is 1. The second kappa shape index (κ2) is 6.36. The molecule has 0 amide bonds. The molecule has 0 heterocycles. The average molecular weight is 260 g/mol. The lowest BCUT2D eigenvalue weighted by Gasteiger charge is -2.22. The second-order valence-electron chi connectivity index (χ2n) is 7.16. The molecule has 0 aliphatic rings. The Kier molecular flexibility index (Phi) is 5.34. The highest BCUT2D eigenvalue weighted by atomic mass is 16.1. The largest absolute Gasteiger partial charge is 0.299 e. The summed E-state index contributed by atoms with van der Waals surface area (Å²) >= 11 is 0. The van der Waals surface area contributed by atoms with Gasteiger partial charge in [-0.15, -0.1) is 0 Å². The lowest BCUT2D eigenvalue weighted by molar-refractivity contribution is -0.119. The third-order valence-electron chi connectivity index (χ3n) is 3.56. The Bertz CT molecular complexity index is 417. The van der Waals surface area contributed by atoms with E-state index in [2.05, 4.69) is 59.7 Å². The maximum absolute atomic E-state index is 12.2. The zero-order valence-corrected chi connectivity index (χ0v) is 13.3. The van der Waals surface area contributed by atoms with E-state index in [0.29, 0.717) is 30.0 Å². The van der Waals surface area contributed by atoms with Crippen molar-refractivity contribution in [2.75, 3.05) is 0 Å². The van der Waals surface area contributed by atoms with E-state index in [1.54, 1.807) is 0 Å². The van der Waals surface area contributed by atoms with E-state index in [1.165, 1.54) is 16.7 Å². The van der Waals surface area contributed by atoms with Crippen molar-refractivity contribution < 1.29 is 4.79 Å². The Labute approximate surface area is 118 Å². The fraction of sp³-hybridized carbons (Fsp3) is 0.611. The number of benzene rings is 1. The molecule has 1 nitrogen and oxygen atoms in total. The molecule has 106 valence electrons. The third-order valence-corrected chi connectivity index (χ3v) is 3.56. The molecule has 1 aromatic rings. The summed E-state index contributed by atoms with van der Waals surface area (Å²) in [6, 6.07) is 6.24. The number of rotatable bonds is 5. The van der Waals surface area contributed by atoms with Gasteiger partial charge in [0, 0.05) is 12.8 Å². The minimum absolute atomic E-state index is 0.304. The number of hydrogen-bond donors (Lipinski definition) is 0. The topological polar surface area (TPSA) is 17.1 Å². The van der Waals surface area contributed by atoms with Gasteiger partial charge in [0.25, 0.3) is 0 Å². The first kappa shape index (κ1) is 15.9. The summed E-state index contributed by atoms with van der Waals surface area (Å²) < 4.78 is 0. The van der Waals surface area contributed by atoms with Gasteiger partial charge in [0.1, 0.15) is 5.78 Å². The van der Waals surface area contributed by atoms with E-state index in [9.17, 15) is 4.79 Å². The molecule has 0 spiro atoms. The quantitative estimate of drug-likeness (QED) is 0.737. The Morgan fingerprint density at radius 2 is 1.68 bits per heavy atom. The SMILES string of the molecule is Cc1cccc(C)c1CC(=O)CC(C)CC(C)(C)C. The molecule has 0 aliphatic carbocycles. The van der Waals surface area contributed by atoms with Crippen LogP contribution in [-0.2, 0) is 11.2 Å². The van der Waals surface area contributed by atoms with Gasteiger partial charge in [0.15, 0.2) is 0 Å². The van der Waals surface area contributed by atoms with Gasteiger partial charge in [-0.2, -0.15) is 0 Å². The van der Waals surface area contributed by atoms with Crippen molar-refractivity contribution in [2.24, 2.45) is 11.3 Å². The smallest absolute Gasteiger partial charge is 0.137 e. The maximum Gasteiger partial charge on any atom is 0.137 e. The van der Waals surface area contributed by atoms with Crippen molar-refractivity contribution in [3.05, 3.63) is 34.9 Å². The molecule has 0 bridgehead atoms. The van der Waals surface area contributed by atoms with Gasteiger partial charge in [-0.1, -0.05) is 45.9 Å². The summed E-state index contributed by atoms with van der Waals surface area (Å²) in [5.74, 6) is 0.839. The first-order valence-electron chi connectivity index (χ1n) is 7.26. The minimum Gasteiger partial charge on any atom is -0.299 e. The van der Waals surface area contributed by atoms with Crippen molar-refractivity contribution in [1.29, 1.82) is 0 Å². The normalized spacial score (nSPS) is 13.4. The summed E-state index contributed by atoms with van der Waals surface area (Å²) in [6.07, 6.45) is 2.39. The van der Waals surface area contributed by atoms with E-state index in [1.807, 2.05) is 0 Å². The van der Waals surface area contributed by atoms with Crippen LogP contribution in [-0.4, -0.2) is 5.78 Å². The number of hydrogen-bond acceptors (Lipinski definition) is 1. The number of carbonyl (C=O) groups is 1. The summed E-state index contributed by atoms with van der Waals surface area (Å²) in [5.41, 5.74) is 3.99. The molecule has 0 saturated carbocycles. The third kappa shape index (κ3) is 5.59. The molecule has 0 N–H and O–H groups in total. The highest BCUT2D eigenvalue weighted by Gasteiger charge is 2.18. The lowest BCUT2D eigenvalue weighted by atomic mass is 9.83. The summed E-state index contributed by atoms with van der Waals surface area (Å²) in [4.78, 5) is 12.2. The summed E-state index contributed by atoms with van der Waals surface area (Å²) in [6.45, 7) is 13.1. The zero-order valence-electron chi connectivity index (χ0n) is 13.3. The van der Waals surface area contributed by atoms with E-state index in [-0.39, 0.29) is 0 Å². The fourth-order valence-electron chi connectivity index (χ4n) is 2.90. The molecule has 1 unspecified atom stereocenters. The van der Waals surface area contributed by atoms with Gasteiger partial charge >= 0.3 is 0 Å². The molecule has 1 aromatic carbocycles. The van der Waals surface area contributed by atoms with Gasteiger partial charge in [0.05, 0.1) is 0 Å². The van der Waals surface area contributed by atoms with Crippen LogP contribution in [0, 0.1) is 25.2 Å².